The fourth-order valence-corrected chi connectivity index (χ4v) is 3.73. The molecule has 0 radical (unpaired) electrons. The number of carbonyl (C=O) groups is 4. The second-order valence-corrected chi connectivity index (χ2v) is 17.9. The molecule has 0 saturated carbocycles. The van der Waals surface area contributed by atoms with E-state index in [1.165, 1.54) is 6.54 Å². The largest absolute Gasteiger partial charge is 0.544 e. The smallest absolute Gasteiger partial charge is 0.330 e. The van der Waals surface area contributed by atoms with Gasteiger partial charge in [0.15, 0.2) is 5.78 Å². The van der Waals surface area contributed by atoms with Crippen LogP contribution in [0.2, 0.25) is 0 Å². The highest BCUT2D eigenvalue weighted by Crippen LogP contribution is 2.08. The number of ketones is 1. The predicted molar refractivity (Wildman–Crippen MR) is 336 cm³/mol. The maximum Gasteiger partial charge on any atom is 0.330 e. The zero-order valence-electron chi connectivity index (χ0n) is 56.4. The van der Waals surface area contributed by atoms with Crippen LogP contribution in [0.15, 0.2) is 42.6 Å². The van der Waals surface area contributed by atoms with Crippen molar-refractivity contribution in [1.82, 2.24) is 0 Å². The number of quaternary nitrogens is 2. The molecule has 1 fully saturated rings. The summed E-state index contributed by atoms with van der Waals surface area (Å²) in [4.78, 5) is 43.1. The first kappa shape index (κ1) is 101. The number of epoxide rings is 1. The lowest BCUT2D eigenvalue weighted by Crippen LogP contribution is -2.47. The highest BCUT2D eigenvalue weighted by Gasteiger charge is 2.22. The minimum Gasteiger partial charge on any atom is -0.544 e. The SMILES string of the molecule is C#CCOCCOCC.C=C(C)C(=O)CCC.C=CC(=O)OCC.C=CCOCCOCC.CCOCCOCC(=O)O.CCOCCOCC1CO1.CCOCCOCN.CCOCCOCN=[N+]=[N-].CC[N+](C)(C)C.CC[N+](C)(C)CC(=O)[O-]. The maximum atomic E-state index is 10.6. The van der Waals surface area contributed by atoms with Crippen LogP contribution in [0.1, 0.15) is 89.0 Å². The van der Waals surface area contributed by atoms with Gasteiger partial charge in [-0.25, -0.2) is 9.59 Å². The lowest BCUT2D eigenvalue weighted by Gasteiger charge is -2.28. The summed E-state index contributed by atoms with van der Waals surface area (Å²) >= 11 is 0. The molecule has 26 heteroatoms. The van der Waals surface area contributed by atoms with Crippen molar-refractivity contribution < 1.29 is 105 Å². The maximum absolute atomic E-state index is 10.6. The number of esters is 1. The average molecular weight is 1250 g/mol. The third-order valence-electron chi connectivity index (χ3n) is 8.91. The number of nitrogens with two attached hydrogens (primary N) is 1. The van der Waals surface area contributed by atoms with Crippen molar-refractivity contribution in [3.63, 3.8) is 0 Å². The molecule has 1 atom stereocenters. The van der Waals surface area contributed by atoms with E-state index in [1.54, 1.807) is 19.9 Å². The van der Waals surface area contributed by atoms with E-state index in [0.29, 0.717) is 135 Å². The number of hydrogen-bond acceptors (Lipinski definition) is 21. The monoisotopic (exact) mass is 1250 g/mol. The average Bonchev–Trinajstić information content (AvgIpc) is 4.36. The number of carbonyl (C=O) groups excluding carboxylic acids is 3. The van der Waals surface area contributed by atoms with Crippen molar-refractivity contribution >= 4 is 23.7 Å². The number of terminal acetylenes is 1. The van der Waals surface area contributed by atoms with Crippen LogP contribution in [0.4, 0.5) is 0 Å². The Labute approximate surface area is 519 Å². The minimum absolute atomic E-state index is 0.0869. The number of allylic oxidation sites excluding steroid dienone is 1. The molecule has 0 aliphatic carbocycles. The van der Waals surface area contributed by atoms with Gasteiger partial charge in [-0.1, -0.05) is 37.2 Å². The Morgan fingerprint density at radius 3 is 1.37 bits per heavy atom. The molecule has 1 aliphatic rings. The Morgan fingerprint density at radius 1 is 0.686 bits per heavy atom. The van der Waals surface area contributed by atoms with Crippen LogP contribution in [0.3, 0.4) is 0 Å². The lowest BCUT2D eigenvalue weighted by molar-refractivity contribution is -0.882. The van der Waals surface area contributed by atoms with E-state index in [1.807, 2.05) is 69.5 Å². The van der Waals surface area contributed by atoms with Gasteiger partial charge in [-0.2, -0.15) is 0 Å². The van der Waals surface area contributed by atoms with Gasteiger partial charge in [0.05, 0.1) is 167 Å². The summed E-state index contributed by atoms with van der Waals surface area (Å²) in [5.41, 5.74) is 13.5. The number of Topliss-reactive ketones (excluding diaryl/α,β-unsaturated/α-hetero) is 1. The Balaban J connectivity index is -0.000000110. The zero-order valence-corrected chi connectivity index (χ0v) is 56.4. The van der Waals surface area contributed by atoms with Gasteiger partial charge >= 0.3 is 11.9 Å². The number of rotatable bonds is 43. The van der Waals surface area contributed by atoms with Crippen LogP contribution < -0.4 is 10.8 Å². The van der Waals surface area contributed by atoms with Crippen molar-refractivity contribution in [2.75, 3.05) is 227 Å². The molecule has 1 saturated heterocycles. The third kappa shape index (κ3) is 138. The van der Waals surface area contributed by atoms with E-state index < -0.39 is 11.9 Å². The molecule has 86 heavy (non-hydrogen) atoms. The van der Waals surface area contributed by atoms with Crippen LogP contribution in [0, 0.1) is 12.3 Å². The summed E-state index contributed by atoms with van der Waals surface area (Å²) in [6.45, 7) is 48.1. The first-order valence-electron chi connectivity index (χ1n) is 29.2. The molecule has 1 rings (SSSR count). The van der Waals surface area contributed by atoms with Crippen LogP contribution in [-0.2, 0) is 85.5 Å². The molecular formula is C60H123N6O20+. The first-order chi connectivity index (χ1) is 40.9. The highest BCUT2D eigenvalue weighted by atomic mass is 16.6. The number of ether oxygens (including phenoxy) is 14. The number of nitrogens with zero attached hydrogens (tertiary/aromatic N) is 5. The molecule has 512 valence electrons. The molecule has 0 spiro atoms. The fraction of sp³-hybridized carbons (Fsp3) is 0.800. The Kier molecular flexibility index (Phi) is 104. The molecule has 0 aromatic carbocycles. The van der Waals surface area contributed by atoms with Crippen molar-refractivity contribution in [1.29, 1.82) is 0 Å². The molecule has 1 aliphatic heterocycles. The van der Waals surface area contributed by atoms with Crippen molar-refractivity contribution in [2.24, 2.45) is 10.8 Å². The van der Waals surface area contributed by atoms with Crippen molar-refractivity contribution in [3.8, 4) is 12.3 Å². The van der Waals surface area contributed by atoms with E-state index >= 15 is 0 Å². The van der Waals surface area contributed by atoms with E-state index in [9.17, 15) is 24.3 Å². The molecule has 1 unspecified atom stereocenters. The highest BCUT2D eigenvalue weighted by molar-refractivity contribution is 5.93. The van der Waals surface area contributed by atoms with E-state index in [0.717, 1.165) is 63.2 Å². The summed E-state index contributed by atoms with van der Waals surface area (Å²) < 4.78 is 70.3. The lowest BCUT2D eigenvalue weighted by atomic mass is 10.1. The minimum atomic E-state index is -0.984. The van der Waals surface area contributed by atoms with Crippen molar-refractivity contribution in [3.05, 3.63) is 47.9 Å². The van der Waals surface area contributed by atoms with Crippen LogP contribution >= 0.6 is 0 Å². The predicted octanol–water partition coefficient (Wildman–Crippen LogP) is 5.94. The van der Waals surface area contributed by atoms with Gasteiger partial charge in [0.2, 0.25) is 0 Å². The molecular weight excluding hydrogens is 1120 g/mol. The summed E-state index contributed by atoms with van der Waals surface area (Å²) in [7, 11) is 10.3. The van der Waals surface area contributed by atoms with E-state index in [-0.39, 0.29) is 38.4 Å². The van der Waals surface area contributed by atoms with Gasteiger partial charge in [0.1, 0.15) is 32.6 Å². The molecule has 1 heterocycles. The Morgan fingerprint density at radius 2 is 1.09 bits per heavy atom. The van der Waals surface area contributed by atoms with Gasteiger partial charge in [0.25, 0.3) is 0 Å². The topological polar surface area (TPSA) is 319 Å². The molecule has 0 aromatic rings. The number of carboxylic acids is 2. The number of azide groups is 1. The summed E-state index contributed by atoms with van der Waals surface area (Å²) in [6, 6.07) is 0. The second kappa shape index (κ2) is 89.3. The summed E-state index contributed by atoms with van der Waals surface area (Å²) in [5, 5.41) is 21.3. The van der Waals surface area contributed by atoms with Gasteiger partial charge in [-0.3, -0.25) is 4.79 Å². The van der Waals surface area contributed by atoms with Crippen LogP contribution in [0.5, 0.6) is 0 Å². The van der Waals surface area contributed by atoms with Gasteiger partial charge in [0, 0.05) is 57.0 Å². The Hall–Kier alpha value is -4.47. The van der Waals surface area contributed by atoms with Crippen LogP contribution in [-0.4, -0.2) is 271 Å². The Bertz CT molecular complexity index is 1510. The normalized spacial score (nSPS) is 11.1. The molecule has 3 N–H and O–H groups in total. The van der Waals surface area contributed by atoms with E-state index in [2.05, 4.69) is 73.2 Å². The third-order valence-corrected chi connectivity index (χ3v) is 8.91. The first-order valence-corrected chi connectivity index (χ1v) is 29.2. The molecule has 26 nitrogen and oxygen atoms in total. The summed E-state index contributed by atoms with van der Waals surface area (Å²) in [6.07, 6.45) is 9.74. The van der Waals surface area contributed by atoms with Gasteiger partial charge in [-0.05, 0) is 86.8 Å². The second-order valence-electron chi connectivity index (χ2n) is 17.9. The summed E-state index contributed by atoms with van der Waals surface area (Å²) in [5.74, 6) is 0.263. The van der Waals surface area contributed by atoms with Crippen molar-refractivity contribution in [2.45, 2.75) is 95.1 Å². The number of aliphatic carboxylic acids is 2. The quantitative estimate of drug-likeness (QED) is 0.00610. The number of hydrogen-bond donors (Lipinski definition) is 2. The molecule has 0 bridgehead atoms. The standard InChI is InChI=1S/C7H14O3.C7H14O2.C7H12O2.C7H12O.C6H13NO2.C6H12O4.C5H11N3O2.C5H13NO2.C5H14N.C5H8O2/c1-2-8-3-4-9-5-7-6-10-7;2*1-3-5-9-7-6-8-4-2;1-4-5-7(8)6(2)3;1-4-7(2,3)5-6(8)9;1-2-9-3-4-10-5-6(7)8;1-2-9-3-4-10-5-7-8-6;1-2-7-3-4-8-5-6;1-5-6(2,3)4;1-3-5(6)7-4-2/h7H,2-6H2,1H3;3H,1,4-7H2,2H3;1H,4-7H2,2H3;2,4-5H2,1,3H3;4-5H2,1-3H3;2-5H2,1H3,(H,7,8);2-5H2,1H3;2-6H2,1H3;5H2,1-4H3;3H,1,4H2,2H3/q;;;;;;;;+1;. The number of likely N-dealkylation sites (N-methyl/N-ethyl adjacent to an activating group) is 1. The molecule has 0 amide bonds. The van der Waals surface area contributed by atoms with Gasteiger partial charge < -0.3 is 96.0 Å². The van der Waals surface area contributed by atoms with Crippen LogP contribution in [0.25, 0.3) is 10.4 Å². The number of carboxylic acid groups (broad SMARTS) is 2. The molecule has 0 aromatic heterocycles. The van der Waals surface area contributed by atoms with E-state index in [4.69, 9.17) is 79.6 Å². The zero-order chi connectivity index (χ0) is 67.8. The fourth-order valence-electron chi connectivity index (χ4n) is 3.73. The van der Waals surface area contributed by atoms with Gasteiger partial charge in [-0.15, -0.1) is 13.0 Å².